The molecule has 1 fully saturated rings. The van der Waals surface area contributed by atoms with Gasteiger partial charge in [-0.2, -0.15) is 0 Å². The monoisotopic (exact) mass is 259 g/mol. The summed E-state index contributed by atoms with van der Waals surface area (Å²) in [7, 11) is 0. The van der Waals surface area contributed by atoms with E-state index in [1.807, 2.05) is 0 Å². The largest absolute Gasteiger partial charge is 0.327 e. The van der Waals surface area contributed by atoms with Crippen molar-refractivity contribution in [3.05, 3.63) is 34.9 Å². The van der Waals surface area contributed by atoms with Crippen LogP contribution in [-0.4, -0.2) is 6.04 Å². The Morgan fingerprint density at radius 2 is 1.89 bits per heavy atom. The molecule has 3 unspecified atom stereocenters. The van der Waals surface area contributed by atoms with E-state index in [9.17, 15) is 0 Å². The summed E-state index contributed by atoms with van der Waals surface area (Å²) in [6, 6.07) is 7.15. The summed E-state index contributed by atoms with van der Waals surface area (Å²) in [4.78, 5) is 0. The predicted molar refractivity (Wildman–Crippen MR) is 83.3 cm³/mol. The average Bonchev–Trinajstić information content (AvgIpc) is 2.43. The van der Waals surface area contributed by atoms with Crippen LogP contribution in [0, 0.1) is 25.7 Å². The minimum Gasteiger partial charge on any atom is -0.327 e. The molecule has 1 saturated carbocycles. The smallest absolute Gasteiger partial charge is 0.0110 e. The molecule has 0 aliphatic heterocycles. The SMILES string of the molecule is CCC1CCCCC1C(N)Cc1ccc(C)c(C)c1. The third-order valence-electron chi connectivity index (χ3n) is 5.08. The fourth-order valence-corrected chi connectivity index (χ4v) is 3.66. The molecule has 2 N–H and O–H groups in total. The van der Waals surface area contributed by atoms with Crippen LogP contribution in [0.5, 0.6) is 0 Å². The second kappa shape index (κ2) is 6.56. The highest BCUT2D eigenvalue weighted by Crippen LogP contribution is 2.34. The highest BCUT2D eigenvalue weighted by molar-refractivity contribution is 5.30. The lowest BCUT2D eigenvalue weighted by molar-refractivity contribution is 0.195. The second-order valence-electron chi connectivity index (χ2n) is 6.40. The first-order valence-corrected chi connectivity index (χ1v) is 7.93. The molecule has 19 heavy (non-hydrogen) atoms. The number of benzene rings is 1. The van der Waals surface area contributed by atoms with E-state index in [-0.39, 0.29) is 0 Å². The molecule has 1 aromatic rings. The van der Waals surface area contributed by atoms with Crippen molar-refractivity contribution in [1.29, 1.82) is 0 Å². The van der Waals surface area contributed by atoms with Gasteiger partial charge in [0, 0.05) is 6.04 Å². The van der Waals surface area contributed by atoms with Gasteiger partial charge in [0.1, 0.15) is 0 Å². The third kappa shape index (κ3) is 3.60. The van der Waals surface area contributed by atoms with Crippen molar-refractivity contribution in [2.75, 3.05) is 0 Å². The quantitative estimate of drug-likeness (QED) is 0.852. The van der Waals surface area contributed by atoms with E-state index in [0.29, 0.717) is 6.04 Å². The summed E-state index contributed by atoms with van der Waals surface area (Å²) in [5.74, 6) is 1.59. The molecular formula is C18H29N. The number of hydrogen-bond donors (Lipinski definition) is 1. The summed E-state index contributed by atoms with van der Waals surface area (Å²) in [6.07, 6.45) is 7.85. The van der Waals surface area contributed by atoms with E-state index in [4.69, 9.17) is 5.73 Å². The van der Waals surface area contributed by atoms with Crippen LogP contribution in [0.15, 0.2) is 18.2 Å². The zero-order chi connectivity index (χ0) is 13.8. The first-order chi connectivity index (χ1) is 9.11. The van der Waals surface area contributed by atoms with Crippen LogP contribution < -0.4 is 5.73 Å². The second-order valence-corrected chi connectivity index (χ2v) is 6.40. The van der Waals surface area contributed by atoms with Crippen molar-refractivity contribution in [2.45, 2.75) is 65.3 Å². The highest BCUT2D eigenvalue weighted by atomic mass is 14.7. The summed E-state index contributed by atoms with van der Waals surface area (Å²) in [6.45, 7) is 6.69. The van der Waals surface area contributed by atoms with Crippen LogP contribution in [0.4, 0.5) is 0 Å². The van der Waals surface area contributed by atoms with Gasteiger partial charge in [-0.25, -0.2) is 0 Å². The lowest BCUT2D eigenvalue weighted by Crippen LogP contribution is -2.38. The van der Waals surface area contributed by atoms with Gasteiger partial charge in [0.15, 0.2) is 0 Å². The van der Waals surface area contributed by atoms with Gasteiger partial charge in [0.05, 0.1) is 0 Å². The fraction of sp³-hybridized carbons (Fsp3) is 0.667. The molecule has 1 aromatic carbocycles. The normalized spacial score (nSPS) is 25.3. The first kappa shape index (κ1) is 14.6. The standard InChI is InChI=1S/C18H29N/c1-4-16-7-5-6-8-17(16)18(19)12-15-10-9-13(2)14(3)11-15/h9-11,16-18H,4-8,12,19H2,1-3H3. The molecule has 1 aliphatic carbocycles. The van der Waals surface area contributed by atoms with Crippen LogP contribution in [0.2, 0.25) is 0 Å². The maximum atomic E-state index is 6.53. The Morgan fingerprint density at radius 1 is 1.16 bits per heavy atom. The molecule has 0 radical (unpaired) electrons. The maximum Gasteiger partial charge on any atom is 0.0110 e. The van der Waals surface area contributed by atoms with E-state index in [1.165, 1.54) is 48.8 Å². The zero-order valence-electron chi connectivity index (χ0n) is 12.8. The lowest BCUT2D eigenvalue weighted by atomic mass is 9.73. The molecule has 3 atom stereocenters. The van der Waals surface area contributed by atoms with Gasteiger partial charge < -0.3 is 5.73 Å². The Bertz CT molecular complexity index is 410. The Kier molecular flexibility index (Phi) is 5.04. The molecule has 1 nitrogen and oxygen atoms in total. The summed E-state index contributed by atoms with van der Waals surface area (Å²) in [5.41, 5.74) is 10.7. The predicted octanol–water partition coefficient (Wildman–Crippen LogP) is 4.39. The molecular weight excluding hydrogens is 230 g/mol. The Balaban J connectivity index is 2.02. The number of aryl methyl sites for hydroxylation is 2. The van der Waals surface area contributed by atoms with Gasteiger partial charge in [0.25, 0.3) is 0 Å². The van der Waals surface area contributed by atoms with Crippen molar-refractivity contribution in [1.82, 2.24) is 0 Å². The van der Waals surface area contributed by atoms with Crippen LogP contribution in [0.1, 0.15) is 55.7 Å². The lowest BCUT2D eigenvalue weighted by Gasteiger charge is -2.35. The van der Waals surface area contributed by atoms with Crippen LogP contribution in [-0.2, 0) is 6.42 Å². The van der Waals surface area contributed by atoms with Gasteiger partial charge in [-0.15, -0.1) is 0 Å². The summed E-state index contributed by atoms with van der Waals surface area (Å²) in [5, 5.41) is 0. The van der Waals surface area contributed by atoms with Gasteiger partial charge in [-0.3, -0.25) is 0 Å². The van der Waals surface area contributed by atoms with E-state index < -0.39 is 0 Å². The van der Waals surface area contributed by atoms with Crippen LogP contribution in [0.3, 0.4) is 0 Å². The zero-order valence-corrected chi connectivity index (χ0v) is 12.8. The Labute approximate surface area is 118 Å². The highest BCUT2D eigenvalue weighted by Gasteiger charge is 2.28. The van der Waals surface area contributed by atoms with Crippen molar-refractivity contribution in [3.63, 3.8) is 0 Å². The Morgan fingerprint density at radius 3 is 2.58 bits per heavy atom. The number of rotatable bonds is 4. The van der Waals surface area contributed by atoms with Crippen LogP contribution in [0.25, 0.3) is 0 Å². The van der Waals surface area contributed by atoms with E-state index in [2.05, 4.69) is 39.0 Å². The Hall–Kier alpha value is -0.820. The molecule has 1 aliphatic rings. The van der Waals surface area contributed by atoms with E-state index in [1.54, 1.807) is 0 Å². The van der Waals surface area contributed by atoms with Gasteiger partial charge in [0.2, 0.25) is 0 Å². The summed E-state index contributed by atoms with van der Waals surface area (Å²) >= 11 is 0. The van der Waals surface area contributed by atoms with Crippen molar-refractivity contribution in [3.8, 4) is 0 Å². The minimum absolute atomic E-state index is 0.340. The number of nitrogens with two attached hydrogens (primary N) is 1. The topological polar surface area (TPSA) is 26.0 Å². The molecule has 0 spiro atoms. The fourth-order valence-electron chi connectivity index (χ4n) is 3.66. The molecule has 0 aromatic heterocycles. The van der Waals surface area contributed by atoms with Gasteiger partial charge in [-0.05, 0) is 55.2 Å². The number of hydrogen-bond acceptors (Lipinski definition) is 1. The molecule has 0 amide bonds. The minimum atomic E-state index is 0.340. The molecule has 106 valence electrons. The first-order valence-electron chi connectivity index (χ1n) is 7.93. The van der Waals surface area contributed by atoms with Crippen molar-refractivity contribution >= 4 is 0 Å². The molecule has 2 rings (SSSR count). The molecule has 0 bridgehead atoms. The summed E-state index contributed by atoms with van der Waals surface area (Å²) < 4.78 is 0. The maximum absolute atomic E-state index is 6.53. The van der Waals surface area contributed by atoms with Gasteiger partial charge in [-0.1, -0.05) is 50.8 Å². The van der Waals surface area contributed by atoms with Gasteiger partial charge >= 0.3 is 0 Å². The van der Waals surface area contributed by atoms with E-state index >= 15 is 0 Å². The van der Waals surface area contributed by atoms with Crippen molar-refractivity contribution in [2.24, 2.45) is 17.6 Å². The van der Waals surface area contributed by atoms with E-state index in [0.717, 1.165) is 18.3 Å². The average molecular weight is 259 g/mol. The molecule has 1 heteroatoms. The molecule has 0 saturated heterocycles. The third-order valence-corrected chi connectivity index (χ3v) is 5.08. The van der Waals surface area contributed by atoms with Crippen molar-refractivity contribution < 1.29 is 0 Å². The van der Waals surface area contributed by atoms with Crippen LogP contribution >= 0.6 is 0 Å². The molecule has 0 heterocycles.